The Bertz CT molecular complexity index is 561. The van der Waals surface area contributed by atoms with Gasteiger partial charge in [-0.2, -0.15) is 0 Å². The third kappa shape index (κ3) is 2.36. The summed E-state index contributed by atoms with van der Waals surface area (Å²) in [4.78, 5) is 13.9. The van der Waals surface area contributed by atoms with Crippen molar-refractivity contribution in [2.75, 3.05) is 5.73 Å². The summed E-state index contributed by atoms with van der Waals surface area (Å²) in [7, 11) is 0. The van der Waals surface area contributed by atoms with Crippen LogP contribution < -0.4 is 11.3 Å². The van der Waals surface area contributed by atoms with Crippen LogP contribution in [0.4, 0.5) is 5.69 Å². The lowest BCUT2D eigenvalue weighted by Gasteiger charge is -2.04. The summed E-state index contributed by atoms with van der Waals surface area (Å²) < 4.78 is 0. The monoisotopic (exact) mass is 238 g/mol. The van der Waals surface area contributed by atoms with Crippen molar-refractivity contribution in [1.82, 2.24) is 4.98 Å². The molecule has 0 saturated carbocycles. The number of aryl methyl sites for hydroxylation is 1. The van der Waals surface area contributed by atoms with Crippen molar-refractivity contribution < 1.29 is 0 Å². The van der Waals surface area contributed by atoms with Gasteiger partial charge in [-0.25, -0.2) is 0 Å². The van der Waals surface area contributed by atoms with E-state index in [4.69, 9.17) is 17.3 Å². The van der Waals surface area contributed by atoms with Crippen LogP contribution in [-0.4, -0.2) is 4.98 Å². The number of nitrogens with two attached hydrogens (primary N) is 1. The Hall–Kier alpha value is -1.48. The van der Waals surface area contributed by atoms with Gasteiger partial charge in [0.05, 0.1) is 16.2 Å². The molecule has 0 atom stereocenters. The maximum Gasteiger partial charge on any atom is 0.248 e. The number of benzene rings is 1. The van der Waals surface area contributed by atoms with E-state index in [1.165, 1.54) is 6.07 Å². The summed E-state index contributed by atoms with van der Waals surface area (Å²) in [5.74, 6) is 0. The van der Waals surface area contributed by atoms with E-state index in [-0.39, 0.29) is 5.56 Å². The average Bonchev–Trinajstić information content (AvgIpc) is 2.24. The molecular formula is C12H15ClN2O. The Kier molecular flexibility index (Phi) is 3.96. The van der Waals surface area contributed by atoms with Crippen molar-refractivity contribution >= 4 is 28.2 Å². The zero-order valence-electron chi connectivity index (χ0n) is 9.60. The fraction of sp³-hybridized carbons (Fsp3) is 0.250. The molecule has 0 aliphatic rings. The van der Waals surface area contributed by atoms with Crippen LogP contribution in [0.1, 0.15) is 19.4 Å². The minimum absolute atomic E-state index is 0.128. The van der Waals surface area contributed by atoms with Crippen molar-refractivity contribution in [2.45, 2.75) is 20.8 Å². The van der Waals surface area contributed by atoms with E-state index in [1.54, 1.807) is 12.1 Å². The molecule has 0 bridgehead atoms. The van der Waals surface area contributed by atoms with E-state index >= 15 is 0 Å². The number of halogens is 1. The van der Waals surface area contributed by atoms with Gasteiger partial charge in [-0.15, -0.1) is 0 Å². The van der Waals surface area contributed by atoms with Crippen LogP contribution >= 0.6 is 11.6 Å². The molecule has 0 radical (unpaired) electrons. The molecule has 0 unspecified atom stereocenters. The van der Waals surface area contributed by atoms with Crippen LogP contribution in [0, 0.1) is 6.92 Å². The first-order valence-corrected chi connectivity index (χ1v) is 5.54. The largest absolute Gasteiger partial charge is 0.397 e. The number of anilines is 1. The third-order valence-electron chi connectivity index (χ3n) is 2.17. The van der Waals surface area contributed by atoms with E-state index in [9.17, 15) is 4.79 Å². The normalized spacial score (nSPS) is 9.75. The molecule has 4 heteroatoms. The topological polar surface area (TPSA) is 58.9 Å². The van der Waals surface area contributed by atoms with E-state index in [2.05, 4.69) is 4.98 Å². The van der Waals surface area contributed by atoms with Gasteiger partial charge in [-0.1, -0.05) is 25.4 Å². The van der Waals surface area contributed by atoms with Gasteiger partial charge in [0.25, 0.3) is 0 Å². The van der Waals surface area contributed by atoms with Crippen molar-refractivity contribution in [3.05, 3.63) is 39.1 Å². The molecule has 0 amide bonds. The van der Waals surface area contributed by atoms with E-state index in [0.717, 1.165) is 16.5 Å². The number of nitrogens with one attached hydrogen (secondary N) is 1. The van der Waals surface area contributed by atoms with Crippen LogP contribution in [-0.2, 0) is 0 Å². The van der Waals surface area contributed by atoms with Gasteiger partial charge in [0.15, 0.2) is 0 Å². The second-order valence-electron chi connectivity index (χ2n) is 3.24. The number of H-pyrrole nitrogens is 1. The molecule has 1 aromatic carbocycles. The molecule has 3 nitrogen and oxygen atoms in total. The summed E-state index contributed by atoms with van der Waals surface area (Å²) in [6.45, 7) is 5.87. The lowest BCUT2D eigenvalue weighted by atomic mass is 10.1. The maximum atomic E-state index is 11.2. The molecular weight excluding hydrogens is 224 g/mol. The zero-order valence-corrected chi connectivity index (χ0v) is 10.4. The van der Waals surface area contributed by atoms with Gasteiger partial charge in [0, 0.05) is 11.5 Å². The van der Waals surface area contributed by atoms with Gasteiger partial charge < -0.3 is 10.7 Å². The van der Waals surface area contributed by atoms with Crippen molar-refractivity contribution in [3.63, 3.8) is 0 Å². The quantitative estimate of drug-likeness (QED) is 0.693. The molecule has 2 rings (SSSR count). The van der Waals surface area contributed by atoms with Crippen LogP contribution in [0.3, 0.4) is 0 Å². The predicted molar refractivity (Wildman–Crippen MR) is 70.1 cm³/mol. The van der Waals surface area contributed by atoms with Crippen LogP contribution in [0.2, 0.25) is 5.02 Å². The first kappa shape index (κ1) is 12.6. The lowest BCUT2D eigenvalue weighted by Crippen LogP contribution is -2.05. The highest BCUT2D eigenvalue weighted by Gasteiger charge is 2.03. The number of hydrogen-bond donors (Lipinski definition) is 2. The molecule has 0 fully saturated rings. The summed E-state index contributed by atoms with van der Waals surface area (Å²) >= 11 is 5.88. The molecule has 1 aromatic heterocycles. The number of aromatic amines is 1. The van der Waals surface area contributed by atoms with Crippen LogP contribution in [0.15, 0.2) is 23.0 Å². The third-order valence-corrected chi connectivity index (χ3v) is 2.49. The molecule has 16 heavy (non-hydrogen) atoms. The molecule has 3 N–H and O–H groups in total. The minimum atomic E-state index is -0.128. The highest BCUT2D eigenvalue weighted by Crippen LogP contribution is 2.25. The fourth-order valence-corrected chi connectivity index (χ4v) is 1.63. The van der Waals surface area contributed by atoms with Crippen LogP contribution in [0.25, 0.3) is 10.9 Å². The highest BCUT2D eigenvalue weighted by atomic mass is 35.5. The highest BCUT2D eigenvalue weighted by molar-refractivity contribution is 6.33. The van der Waals surface area contributed by atoms with Gasteiger partial charge in [0.2, 0.25) is 5.56 Å². The first-order chi connectivity index (χ1) is 7.58. The second-order valence-corrected chi connectivity index (χ2v) is 3.64. The van der Waals surface area contributed by atoms with Gasteiger partial charge in [0.1, 0.15) is 0 Å². The van der Waals surface area contributed by atoms with Crippen molar-refractivity contribution in [1.29, 1.82) is 0 Å². The molecule has 86 valence electrons. The second kappa shape index (κ2) is 5.03. The van der Waals surface area contributed by atoms with Gasteiger partial charge in [-0.3, -0.25) is 4.79 Å². The number of rotatable bonds is 0. The van der Waals surface area contributed by atoms with Crippen molar-refractivity contribution in [3.8, 4) is 0 Å². The molecule has 0 saturated heterocycles. The fourth-order valence-electron chi connectivity index (χ4n) is 1.46. The van der Waals surface area contributed by atoms with Gasteiger partial charge >= 0.3 is 0 Å². The lowest BCUT2D eigenvalue weighted by molar-refractivity contribution is 1.28. The molecule has 0 aliphatic heterocycles. The Morgan fingerprint density at radius 3 is 2.50 bits per heavy atom. The van der Waals surface area contributed by atoms with Crippen LogP contribution in [0.5, 0.6) is 0 Å². The summed E-state index contributed by atoms with van der Waals surface area (Å²) in [6, 6.07) is 4.97. The zero-order chi connectivity index (χ0) is 12.3. The van der Waals surface area contributed by atoms with E-state index in [0.29, 0.717) is 10.7 Å². The maximum absolute atomic E-state index is 11.2. The predicted octanol–water partition coefficient (Wildman–Crippen LogP) is 3.10. The molecule has 1 heterocycles. The van der Waals surface area contributed by atoms with Crippen molar-refractivity contribution in [2.24, 2.45) is 0 Å². The van der Waals surface area contributed by atoms with E-state index < -0.39 is 0 Å². The Morgan fingerprint density at radius 1 is 1.25 bits per heavy atom. The Balaban J connectivity index is 0.000000606. The number of hydrogen-bond acceptors (Lipinski definition) is 2. The summed E-state index contributed by atoms with van der Waals surface area (Å²) in [6.07, 6.45) is 0. The molecule has 2 aromatic rings. The Morgan fingerprint density at radius 2 is 1.88 bits per heavy atom. The Labute approximate surface area is 99.2 Å². The first-order valence-electron chi connectivity index (χ1n) is 5.16. The molecule has 0 aliphatic carbocycles. The number of pyridine rings is 1. The number of nitrogen functional groups attached to an aromatic ring is 1. The smallest absolute Gasteiger partial charge is 0.248 e. The molecule has 0 spiro atoms. The summed E-state index contributed by atoms with van der Waals surface area (Å²) in [5.41, 5.74) is 7.59. The number of fused-ring (bicyclic) bond motifs is 1. The van der Waals surface area contributed by atoms with E-state index in [1.807, 2.05) is 20.8 Å². The SMILES string of the molecule is CC.Cc1cc(=O)[nH]c2cc(N)c(Cl)cc12. The average molecular weight is 239 g/mol. The standard InChI is InChI=1S/C10H9ClN2O.C2H6/c1-5-2-10(14)13-9-4-8(12)7(11)3-6(5)9;1-2/h2-4H,12H2,1H3,(H,13,14);1-2H3. The minimum Gasteiger partial charge on any atom is -0.397 e. The van der Waals surface area contributed by atoms with Gasteiger partial charge in [-0.05, 0) is 24.6 Å². The summed E-state index contributed by atoms with van der Waals surface area (Å²) in [5, 5.41) is 1.43. The number of aromatic nitrogens is 1.